The maximum atomic E-state index is 13.3. The lowest BCUT2D eigenvalue weighted by molar-refractivity contribution is -0.119. The molecule has 2 aromatic rings. The van der Waals surface area contributed by atoms with Gasteiger partial charge in [-0.15, -0.1) is 0 Å². The number of hydrogen-bond donors (Lipinski definition) is 1. The van der Waals surface area contributed by atoms with Crippen LogP contribution < -0.4 is 14.5 Å². The van der Waals surface area contributed by atoms with Crippen molar-refractivity contribution in [1.82, 2.24) is 5.43 Å². The van der Waals surface area contributed by atoms with Crippen molar-refractivity contribution in [2.45, 2.75) is 37.5 Å². The third kappa shape index (κ3) is 5.12. The number of nitrogens with one attached hydrogen (secondary N) is 1. The van der Waals surface area contributed by atoms with Crippen molar-refractivity contribution >= 4 is 38.9 Å². The molecule has 7 nitrogen and oxygen atoms in total. The predicted octanol–water partition coefficient (Wildman–Crippen LogP) is 3.90. The van der Waals surface area contributed by atoms with Crippen LogP contribution in [0.4, 0.5) is 5.69 Å². The highest BCUT2D eigenvalue weighted by atomic mass is 35.5. The average molecular weight is 450 g/mol. The molecule has 1 N–H and O–H groups in total. The monoisotopic (exact) mass is 449 g/mol. The second-order valence-electron chi connectivity index (χ2n) is 7.06. The van der Waals surface area contributed by atoms with Gasteiger partial charge in [-0.2, -0.15) is 5.10 Å². The Hall–Kier alpha value is -2.58. The van der Waals surface area contributed by atoms with Gasteiger partial charge in [0, 0.05) is 5.71 Å². The van der Waals surface area contributed by atoms with Gasteiger partial charge < -0.3 is 4.74 Å². The van der Waals surface area contributed by atoms with Crippen LogP contribution in [0.2, 0.25) is 5.02 Å². The van der Waals surface area contributed by atoms with Crippen LogP contribution in [0.1, 0.15) is 31.2 Å². The zero-order valence-electron chi connectivity index (χ0n) is 16.9. The van der Waals surface area contributed by atoms with E-state index in [-0.39, 0.29) is 15.6 Å². The normalized spacial score (nSPS) is 13.8. The van der Waals surface area contributed by atoms with Crippen molar-refractivity contribution < 1.29 is 17.9 Å². The molecule has 1 amide bonds. The number of nitrogens with zero attached hydrogens (tertiary/aromatic N) is 2. The van der Waals surface area contributed by atoms with E-state index < -0.39 is 22.5 Å². The zero-order valence-corrected chi connectivity index (χ0v) is 18.5. The smallest absolute Gasteiger partial charge is 0.264 e. The van der Waals surface area contributed by atoms with E-state index in [1.807, 2.05) is 6.92 Å². The first-order valence-corrected chi connectivity index (χ1v) is 11.4. The third-order valence-electron chi connectivity index (χ3n) is 4.84. The second kappa shape index (κ2) is 9.49. The Morgan fingerprint density at radius 2 is 1.83 bits per heavy atom. The van der Waals surface area contributed by atoms with Gasteiger partial charge in [-0.25, -0.2) is 13.8 Å². The number of hydrazone groups is 1. The van der Waals surface area contributed by atoms with Gasteiger partial charge in [-0.05, 0) is 62.9 Å². The molecular weight excluding hydrogens is 426 g/mol. The molecule has 2 aromatic carbocycles. The van der Waals surface area contributed by atoms with Gasteiger partial charge in [0.25, 0.3) is 15.9 Å². The molecule has 1 aliphatic carbocycles. The molecule has 0 saturated heterocycles. The lowest BCUT2D eigenvalue weighted by atomic mass is 10.2. The molecule has 0 aliphatic heterocycles. The molecule has 0 radical (unpaired) electrons. The van der Waals surface area contributed by atoms with Crippen LogP contribution in [0.25, 0.3) is 0 Å². The number of hydrogen-bond acceptors (Lipinski definition) is 5. The summed E-state index contributed by atoms with van der Waals surface area (Å²) in [5, 5.41) is 4.37. The summed E-state index contributed by atoms with van der Waals surface area (Å²) in [4.78, 5) is 12.6. The molecule has 160 valence electrons. The fourth-order valence-electron chi connectivity index (χ4n) is 3.17. The number of benzene rings is 2. The highest BCUT2D eigenvalue weighted by Gasteiger charge is 2.28. The maximum absolute atomic E-state index is 13.3. The number of anilines is 1. The van der Waals surface area contributed by atoms with Gasteiger partial charge in [0.1, 0.15) is 12.3 Å². The molecule has 0 unspecified atom stereocenters. The Morgan fingerprint density at radius 1 is 1.17 bits per heavy atom. The van der Waals surface area contributed by atoms with Crippen LogP contribution in [0.15, 0.2) is 52.5 Å². The van der Waals surface area contributed by atoms with Crippen LogP contribution in [0, 0.1) is 6.92 Å². The standard InChI is InChI=1S/C21H24ClN3O4S/c1-15-7-10-18(11-8-15)30(27,28)25(17-9-12-20(29-2)19(22)13-17)14-21(26)24-23-16-5-3-4-6-16/h7-13H,3-6,14H2,1-2H3,(H,24,26). The summed E-state index contributed by atoms with van der Waals surface area (Å²) in [6.45, 7) is 1.43. The van der Waals surface area contributed by atoms with Crippen LogP contribution in [-0.4, -0.2) is 33.7 Å². The van der Waals surface area contributed by atoms with E-state index in [0.29, 0.717) is 5.75 Å². The molecule has 30 heavy (non-hydrogen) atoms. The number of sulfonamides is 1. The van der Waals surface area contributed by atoms with Crippen molar-refractivity contribution in [2.75, 3.05) is 18.0 Å². The lowest BCUT2D eigenvalue weighted by Crippen LogP contribution is -2.39. The van der Waals surface area contributed by atoms with Crippen molar-refractivity contribution in [3.63, 3.8) is 0 Å². The van der Waals surface area contributed by atoms with E-state index in [4.69, 9.17) is 16.3 Å². The number of rotatable bonds is 7. The first-order valence-electron chi connectivity index (χ1n) is 9.58. The second-order valence-corrected chi connectivity index (χ2v) is 9.33. The van der Waals surface area contributed by atoms with Gasteiger partial charge in [0.2, 0.25) is 0 Å². The SMILES string of the molecule is COc1ccc(N(CC(=O)NN=C2CCCC2)S(=O)(=O)c2ccc(C)cc2)cc1Cl. The number of aryl methyl sites for hydroxylation is 1. The molecule has 1 fully saturated rings. The Kier molecular flexibility index (Phi) is 6.99. The quantitative estimate of drug-likeness (QED) is 0.649. The first-order chi connectivity index (χ1) is 14.3. The molecule has 1 saturated carbocycles. The number of amides is 1. The number of carbonyl (C=O) groups excluding carboxylic acids is 1. The van der Waals surface area contributed by atoms with Crippen LogP contribution in [0.5, 0.6) is 5.75 Å². The average Bonchev–Trinajstić information content (AvgIpc) is 3.24. The minimum atomic E-state index is -4.02. The number of ether oxygens (including phenoxy) is 1. The fourth-order valence-corrected chi connectivity index (χ4v) is 4.83. The van der Waals surface area contributed by atoms with Crippen molar-refractivity contribution in [2.24, 2.45) is 5.10 Å². The van der Waals surface area contributed by atoms with Crippen LogP contribution in [-0.2, 0) is 14.8 Å². The summed E-state index contributed by atoms with van der Waals surface area (Å²) >= 11 is 6.21. The summed E-state index contributed by atoms with van der Waals surface area (Å²) in [5.41, 5.74) is 4.58. The Balaban J connectivity index is 1.93. The molecule has 0 atom stereocenters. The van der Waals surface area contributed by atoms with Crippen molar-refractivity contribution in [3.8, 4) is 5.75 Å². The lowest BCUT2D eigenvalue weighted by Gasteiger charge is -2.24. The zero-order chi connectivity index (χ0) is 21.7. The fraction of sp³-hybridized carbons (Fsp3) is 0.333. The molecule has 3 rings (SSSR count). The minimum absolute atomic E-state index is 0.0787. The summed E-state index contributed by atoms with van der Waals surface area (Å²) in [5.74, 6) is -0.123. The molecule has 0 bridgehead atoms. The van der Waals surface area contributed by atoms with Crippen molar-refractivity contribution in [3.05, 3.63) is 53.1 Å². The molecule has 0 aromatic heterocycles. The van der Waals surface area contributed by atoms with Crippen molar-refractivity contribution in [1.29, 1.82) is 0 Å². The van der Waals surface area contributed by atoms with Gasteiger partial charge in [0.15, 0.2) is 0 Å². The van der Waals surface area contributed by atoms with E-state index in [1.165, 1.54) is 25.3 Å². The van der Waals surface area contributed by atoms with Crippen LogP contribution >= 0.6 is 11.6 Å². The molecule has 1 aliphatic rings. The Labute approximate surface area is 181 Å². The van der Waals surface area contributed by atoms with Crippen LogP contribution in [0.3, 0.4) is 0 Å². The molecule has 9 heteroatoms. The molecule has 0 spiro atoms. The Bertz CT molecular complexity index is 1040. The topological polar surface area (TPSA) is 88.1 Å². The van der Waals surface area contributed by atoms with E-state index in [1.54, 1.807) is 24.3 Å². The minimum Gasteiger partial charge on any atom is -0.495 e. The summed E-state index contributed by atoms with van der Waals surface area (Å²) in [6, 6.07) is 11.0. The highest BCUT2D eigenvalue weighted by Crippen LogP contribution is 2.32. The van der Waals surface area contributed by atoms with Gasteiger partial charge in [-0.3, -0.25) is 9.10 Å². The third-order valence-corrected chi connectivity index (χ3v) is 6.92. The molecular formula is C21H24ClN3O4S. The predicted molar refractivity (Wildman–Crippen MR) is 118 cm³/mol. The van der Waals surface area contributed by atoms with E-state index >= 15 is 0 Å². The summed E-state index contributed by atoms with van der Waals surface area (Å²) < 4.78 is 32.8. The van der Waals surface area contributed by atoms with E-state index in [2.05, 4.69) is 10.5 Å². The summed E-state index contributed by atoms with van der Waals surface area (Å²) in [6.07, 6.45) is 3.79. The van der Waals surface area contributed by atoms with E-state index in [0.717, 1.165) is 41.3 Å². The number of halogens is 1. The Morgan fingerprint density at radius 3 is 2.43 bits per heavy atom. The summed E-state index contributed by atoms with van der Waals surface area (Å²) in [7, 11) is -2.55. The highest BCUT2D eigenvalue weighted by molar-refractivity contribution is 7.92. The van der Waals surface area contributed by atoms with Gasteiger partial charge in [-0.1, -0.05) is 29.3 Å². The maximum Gasteiger partial charge on any atom is 0.264 e. The molecule has 0 heterocycles. The number of methoxy groups -OCH3 is 1. The van der Waals surface area contributed by atoms with Gasteiger partial charge in [0.05, 0.1) is 22.7 Å². The first kappa shape index (κ1) is 22.1. The van der Waals surface area contributed by atoms with E-state index in [9.17, 15) is 13.2 Å². The number of carbonyl (C=O) groups is 1. The largest absolute Gasteiger partial charge is 0.495 e. The van der Waals surface area contributed by atoms with Gasteiger partial charge >= 0.3 is 0 Å².